The Bertz CT molecular complexity index is 669. The third-order valence-corrected chi connectivity index (χ3v) is 4.83. The van der Waals surface area contributed by atoms with Crippen molar-refractivity contribution in [3.05, 3.63) is 60.3 Å². The largest absolute Gasteiger partial charge is 0.354 e. The third kappa shape index (κ3) is 5.56. The zero-order chi connectivity index (χ0) is 18.2. The zero-order valence-corrected chi connectivity index (χ0v) is 15.5. The molecule has 26 heavy (non-hydrogen) atoms. The predicted octanol–water partition coefficient (Wildman–Crippen LogP) is 2.34. The lowest BCUT2D eigenvalue weighted by molar-refractivity contribution is -0.122. The van der Waals surface area contributed by atoms with E-state index in [-0.39, 0.29) is 11.9 Å². The Morgan fingerprint density at radius 2 is 1.81 bits per heavy atom. The van der Waals surface area contributed by atoms with Crippen molar-refractivity contribution in [2.24, 2.45) is 0 Å². The van der Waals surface area contributed by atoms with Gasteiger partial charge in [-0.1, -0.05) is 36.4 Å². The SMILES string of the molecule is C[C@@H](CCc1ccccc1)NC(=O)CN1CCN(c2ccccn2)CC1. The van der Waals surface area contributed by atoms with Gasteiger partial charge in [-0.05, 0) is 37.5 Å². The maximum Gasteiger partial charge on any atom is 0.234 e. The average Bonchev–Trinajstić information content (AvgIpc) is 2.68. The molecule has 0 aliphatic carbocycles. The molecule has 2 aromatic rings. The number of anilines is 1. The smallest absolute Gasteiger partial charge is 0.234 e. The molecular weight excluding hydrogens is 324 g/mol. The van der Waals surface area contributed by atoms with E-state index in [1.54, 1.807) is 0 Å². The maximum atomic E-state index is 12.3. The van der Waals surface area contributed by atoms with E-state index in [0.717, 1.165) is 44.8 Å². The monoisotopic (exact) mass is 352 g/mol. The lowest BCUT2D eigenvalue weighted by Gasteiger charge is -2.35. The summed E-state index contributed by atoms with van der Waals surface area (Å²) in [6.07, 6.45) is 3.78. The summed E-state index contributed by atoms with van der Waals surface area (Å²) in [6.45, 7) is 6.16. The Hall–Kier alpha value is -2.40. The van der Waals surface area contributed by atoms with Gasteiger partial charge in [0.05, 0.1) is 6.54 Å². The average molecular weight is 352 g/mol. The van der Waals surface area contributed by atoms with Crippen molar-refractivity contribution in [1.82, 2.24) is 15.2 Å². The van der Waals surface area contributed by atoms with Gasteiger partial charge in [0.1, 0.15) is 5.82 Å². The molecule has 1 aliphatic heterocycles. The molecule has 1 N–H and O–H groups in total. The summed E-state index contributed by atoms with van der Waals surface area (Å²) < 4.78 is 0. The Balaban J connectivity index is 1.36. The molecule has 1 aromatic heterocycles. The van der Waals surface area contributed by atoms with E-state index in [4.69, 9.17) is 0 Å². The molecule has 2 heterocycles. The number of aromatic nitrogens is 1. The minimum atomic E-state index is 0.122. The summed E-state index contributed by atoms with van der Waals surface area (Å²) in [4.78, 5) is 21.2. The van der Waals surface area contributed by atoms with Crippen LogP contribution >= 0.6 is 0 Å². The molecule has 5 nitrogen and oxygen atoms in total. The molecule has 138 valence electrons. The molecule has 0 radical (unpaired) electrons. The number of carbonyl (C=O) groups is 1. The minimum Gasteiger partial charge on any atom is -0.354 e. The van der Waals surface area contributed by atoms with E-state index >= 15 is 0 Å². The second kappa shape index (κ2) is 9.34. The molecule has 0 spiro atoms. The van der Waals surface area contributed by atoms with Gasteiger partial charge in [0.2, 0.25) is 5.91 Å². The van der Waals surface area contributed by atoms with E-state index in [1.807, 2.05) is 30.5 Å². The molecule has 0 unspecified atom stereocenters. The van der Waals surface area contributed by atoms with Crippen molar-refractivity contribution in [3.8, 4) is 0 Å². The highest BCUT2D eigenvalue weighted by Gasteiger charge is 2.20. The number of nitrogens with zero attached hydrogens (tertiary/aromatic N) is 3. The number of nitrogens with one attached hydrogen (secondary N) is 1. The molecule has 1 saturated heterocycles. The number of amides is 1. The summed E-state index contributed by atoms with van der Waals surface area (Å²) in [5.74, 6) is 1.14. The van der Waals surface area contributed by atoms with Crippen molar-refractivity contribution in [2.45, 2.75) is 25.8 Å². The molecule has 1 aromatic carbocycles. The highest BCUT2D eigenvalue weighted by molar-refractivity contribution is 5.78. The standard InChI is InChI=1S/C21H28N4O/c1-18(10-11-19-7-3-2-4-8-19)23-21(26)17-24-13-15-25(16-14-24)20-9-5-6-12-22-20/h2-9,12,18H,10-11,13-17H2,1H3,(H,23,26)/t18-/m0/s1. The highest BCUT2D eigenvalue weighted by Crippen LogP contribution is 2.12. The summed E-state index contributed by atoms with van der Waals surface area (Å²) in [7, 11) is 0. The van der Waals surface area contributed by atoms with Gasteiger partial charge in [-0.3, -0.25) is 9.69 Å². The Morgan fingerprint density at radius 3 is 2.50 bits per heavy atom. The van der Waals surface area contributed by atoms with Crippen LogP contribution in [0.4, 0.5) is 5.82 Å². The molecule has 1 aliphatic rings. The van der Waals surface area contributed by atoms with Crippen LogP contribution in [0.5, 0.6) is 0 Å². The van der Waals surface area contributed by atoms with Crippen molar-refractivity contribution < 1.29 is 4.79 Å². The van der Waals surface area contributed by atoms with Crippen molar-refractivity contribution in [3.63, 3.8) is 0 Å². The molecule has 0 saturated carbocycles. The first-order chi connectivity index (χ1) is 12.7. The number of benzene rings is 1. The van der Waals surface area contributed by atoms with Gasteiger partial charge in [-0.2, -0.15) is 0 Å². The predicted molar refractivity (Wildman–Crippen MR) is 105 cm³/mol. The van der Waals surface area contributed by atoms with Crippen LogP contribution in [0.2, 0.25) is 0 Å². The molecule has 3 rings (SSSR count). The zero-order valence-electron chi connectivity index (χ0n) is 15.5. The first kappa shape index (κ1) is 18.4. The molecule has 0 bridgehead atoms. The van der Waals surface area contributed by atoms with Crippen LogP contribution in [0.1, 0.15) is 18.9 Å². The molecule has 1 fully saturated rings. The quantitative estimate of drug-likeness (QED) is 0.831. The topological polar surface area (TPSA) is 48.5 Å². The van der Waals surface area contributed by atoms with Crippen LogP contribution < -0.4 is 10.2 Å². The van der Waals surface area contributed by atoms with Gasteiger partial charge in [0.15, 0.2) is 0 Å². The van der Waals surface area contributed by atoms with Crippen molar-refractivity contribution in [2.75, 3.05) is 37.6 Å². The fourth-order valence-corrected chi connectivity index (χ4v) is 3.30. The second-order valence-corrected chi connectivity index (χ2v) is 6.94. The number of piperazine rings is 1. The van der Waals surface area contributed by atoms with Crippen LogP contribution in [0.25, 0.3) is 0 Å². The van der Waals surface area contributed by atoms with Gasteiger partial charge in [0, 0.05) is 38.4 Å². The van der Waals surface area contributed by atoms with Crippen LogP contribution in [-0.4, -0.2) is 54.6 Å². The minimum absolute atomic E-state index is 0.122. The van der Waals surface area contributed by atoms with E-state index in [0.29, 0.717) is 6.54 Å². The first-order valence-corrected chi connectivity index (χ1v) is 9.42. The first-order valence-electron chi connectivity index (χ1n) is 9.42. The summed E-state index contributed by atoms with van der Waals surface area (Å²) in [5.41, 5.74) is 1.32. The van der Waals surface area contributed by atoms with E-state index in [2.05, 4.69) is 51.3 Å². The van der Waals surface area contributed by atoms with Crippen LogP contribution in [0, 0.1) is 0 Å². The highest BCUT2D eigenvalue weighted by atomic mass is 16.2. The number of carbonyl (C=O) groups excluding carboxylic acids is 1. The summed E-state index contributed by atoms with van der Waals surface area (Å²) >= 11 is 0. The lowest BCUT2D eigenvalue weighted by Crippen LogP contribution is -2.50. The summed E-state index contributed by atoms with van der Waals surface area (Å²) in [6, 6.07) is 16.6. The van der Waals surface area contributed by atoms with E-state index in [9.17, 15) is 4.79 Å². The van der Waals surface area contributed by atoms with Crippen LogP contribution in [0.3, 0.4) is 0 Å². The lowest BCUT2D eigenvalue weighted by atomic mass is 10.1. The number of pyridine rings is 1. The van der Waals surface area contributed by atoms with Crippen molar-refractivity contribution >= 4 is 11.7 Å². The molecule has 1 atom stereocenters. The van der Waals surface area contributed by atoms with Gasteiger partial charge in [-0.15, -0.1) is 0 Å². The normalized spacial score (nSPS) is 16.3. The third-order valence-electron chi connectivity index (χ3n) is 4.83. The Kier molecular flexibility index (Phi) is 6.61. The fraction of sp³-hybridized carbons (Fsp3) is 0.429. The summed E-state index contributed by atoms with van der Waals surface area (Å²) in [5, 5.41) is 3.13. The fourth-order valence-electron chi connectivity index (χ4n) is 3.30. The number of hydrogen-bond acceptors (Lipinski definition) is 4. The number of rotatable bonds is 7. The molecule has 1 amide bonds. The van der Waals surface area contributed by atoms with Crippen LogP contribution in [0.15, 0.2) is 54.7 Å². The van der Waals surface area contributed by atoms with Gasteiger partial charge in [0.25, 0.3) is 0 Å². The van der Waals surface area contributed by atoms with Crippen LogP contribution in [-0.2, 0) is 11.2 Å². The number of hydrogen-bond donors (Lipinski definition) is 1. The molecular formula is C21H28N4O. The van der Waals surface area contributed by atoms with Gasteiger partial charge >= 0.3 is 0 Å². The van der Waals surface area contributed by atoms with E-state index in [1.165, 1.54) is 5.56 Å². The Labute approximate surface area is 156 Å². The molecule has 5 heteroatoms. The van der Waals surface area contributed by atoms with Crippen molar-refractivity contribution in [1.29, 1.82) is 0 Å². The Morgan fingerprint density at radius 1 is 1.08 bits per heavy atom. The second-order valence-electron chi connectivity index (χ2n) is 6.94. The van der Waals surface area contributed by atoms with Gasteiger partial charge in [-0.25, -0.2) is 4.98 Å². The van der Waals surface area contributed by atoms with Gasteiger partial charge < -0.3 is 10.2 Å². The maximum absolute atomic E-state index is 12.3. The number of aryl methyl sites for hydroxylation is 1. The van der Waals surface area contributed by atoms with E-state index < -0.39 is 0 Å².